The van der Waals surface area contributed by atoms with Gasteiger partial charge in [-0.3, -0.25) is 18.6 Å². The number of carbonyl (C=O) groups is 2. The first kappa shape index (κ1) is 58.7. The van der Waals surface area contributed by atoms with E-state index in [-0.39, 0.29) is 26.1 Å². The van der Waals surface area contributed by atoms with E-state index in [2.05, 4.69) is 62.5 Å². The lowest BCUT2D eigenvalue weighted by molar-refractivity contribution is -0.161. The van der Waals surface area contributed by atoms with Crippen LogP contribution in [0.5, 0.6) is 0 Å². The number of phosphoric acid groups is 1. The van der Waals surface area contributed by atoms with Crippen LogP contribution in [-0.2, 0) is 32.7 Å². The van der Waals surface area contributed by atoms with Crippen molar-refractivity contribution in [3.63, 3.8) is 0 Å². The van der Waals surface area contributed by atoms with E-state index in [1.807, 2.05) is 31.1 Å². The maximum Gasteiger partial charge on any atom is 0.472 e. The summed E-state index contributed by atoms with van der Waals surface area (Å²) in [6.45, 7) is 4.23. The van der Waals surface area contributed by atoms with Crippen molar-refractivity contribution in [2.75, 3.05) is 40.5 Å². The van der Waals surface area contributed by atoms with Crippen molar-refractivity contribution in [1.29, 1.82) is 0 Å². The van der Waals surface area contributed by atoms with Crippen LogP contribution < -0.4 is 0 Å². The number of unbranched alkanes of at least 4 members (excludes halogenated alkanes) is 21. The molecule has 9 nitrogen and oxygen atoms in total. The Bertz CT molecular complexity index is 1200. The van der Waals surface area contributed by atoms with Crippen LogP contribution in [0, 0.1) is 0 Å². The molecule has 0 aromatic rings. The molecule has 0 heterocycles. The zero-order chi connectivity index (χ0) is 44.8. The predicted octanol–water partition coefficient (Wildman–Crippen LogP) is 14.7. The van der Waals surface area contributed by atoms with E-state index in [0.29, 0.717) is 19.4 Å². The first-order valence-electron chi connectivity index (χ1n) is 24.6. The Kier molecular flexibility index (Phi) is 44.0. The molecule has 354 valence electrons. The number of nitrogens with zero attached hydrogens (tertiary/aromatic N) is 1. The number of likely N-dealkylation sites (N-methyl/N-ethyl adjacent to an activating group) is 1. The smallest absolute Gasteiger partial charge is 0.462 e. The van der Waals surface area contributed by atoms with Gasteiger partial charge in [0.15, 0.2) is 6.10 Å². The lowest BCUT2D eigenvalue weighted by Gasteiger charge is -2.20. The highest BCUT2D eigenvalue weighted by molar-refractivity contribution is 7.47. The van der Waals surface area contributed by atoms with Gasteiger partial charge in [0, 0.05) is 19.4 Å². The zero-order valence-corrected chi connectivity index (χ0v) is 40.5. The summed E-state index contributed by atoms with van der Waals surface area (Å²) in [7, 11) is -0.743. The third-order valence-electron chi connectivity index (χ3n) is 10.3. The van der Waals surface area contributed by atoms with Crippen molar-refractivity contribution in [3.8, 4) is 0 Å². The van der Waals surface area contributed by atoms with Gasteiger partial charge in [-0.2, -0.15) is 0 Å². The van der Waals surface area contributed by atoms with E-state index in [1.165, 1.54) is 128 Å². The highest BCUT2D eigenvalue weighted by Crippen LogP contribution is 2.43. The number of allylic oxidation sites excluding steroid dienone is 10. The fraction of sp³-hybridized carbons (Fsp3) is 0.765. The van der Waals surface area contributed by atoms with Crippen LogP contribution in [0.15, 0.2) is 60.8 Å². The monoisotopic (exact) mass is 878 g/mol. The van der Waals surface area contributed by atoms with Gasteiger partial charge in [-0.1, -0.05) is 203 Å². The van der Waals surface area contributed by atoms with Crippen LogP contribution in [0.1, 0.15) is 206 Å². The molecule has 10 heteroatoms. The van der Waals surface area contributed by atoms with Crippen LogP contribution in [0.4, 0.5) is 0 Å². The molecule has 0 aliphatic carbocycles. The van der Waals surface area contributed by atoms with Crippen LogP contribution in [0.3, 0.4) is 0 Å². The molecule has 0 rings (SSSR count). The number of hydrogen-bond acceptors (Lipinski definition) is 8. The largest absolute Gasteiger partial charge is 0.472 e. The summed E-state index contributed by atoms with van der Waals surface area (Å²) in [4.78, 5) is 37.1. The third-order valence-corrected chi connectivity index (χ3v) is 11.3. The van der Waals surface area contributed by atoms with Crippen molar-refractivity contribution in [1.82, 2.24) is 4.90 Å². The van der Waals surface area contributed by atoms with Crippen LogP contribution >= 0.6 is 7.82 Å². The molecule has 0 saturated heterocycles. The molecule has 0 fully saturated rings. The third kappa shape index (κ3) is 47.0. The summed E-state index contributed by atoms with van der Waals surface area (Å²) >= 11 is 0. The van der Waals surface area contributed by atoms with E-state index < -0.39 is 32.5 Å². The molecule has 0 radical (unpaired) electrons. The molecule has 0 aromatic carbocycles. The normalized spacial score (nSPS) is 13.8. The van der Waals surface area contributed by atoms with E-state index >= 15 is 0 Å². The molecule has 2 unspecified atom stereocenters. The first-order chi connectivity index (χ1) is 29.7. The second kappa shape index (κ2) is 45.7. The van der Waals surface area contributed by atoms with Crippen LogP contribution in [0.25, 0.3) is 0 Å². The van der Waals surface area contributed by atoms with Gasteiger partial charge in [-0.25, -0.2) is 4.57 Å². The van der Waals surface area contributed by atoms with E-state index in [4.69, 9.17) is 18.5 Å². The minimum Gasteiger partial charge on any atom is -0.462 e. The fourth-order valence-electron chi connectivity index (χ4n) is 6.55. The quantitative estimate of drug-likeness (QED) is 0.0277. The molecule has 0 amide bonds. The molecule has 2 atom stereocenters. The van der Waals surface area contributed by atoms with Crippen molar-refractivity contribution in [2.45, 2.75) is 213 Å². The number of ether oxygens (including phenoxy) is 2. The van der Waals surface area contributed by atoms with E-state index in [0.717, 1.165) is 38.5 Å². The number of rotatable bonds is 45. The Morgan fingerprint density at radius 1 is 0.508 bits per heavy atom. The summed E-state index contributed by atoms with van der Waals surface area (Å²) in [5.74, 6) is -0.894. The van der Waals surface area contributed by atoms with Gasteiger partial charge >= 0.3 is 19.8 Å². The zero-order valence-electron chi connectivity index (χ0n) is 39.6. The second-order valence-electron chi connectivity index (χ2n) is 16.6. The number of esters is 2. The van der Waals surface area contributed by atoms with Gasteiger partial charge in [0.25, 0.3) is 0 Å². The molecule has 0 aliphatic rings. The number of carbonyl (C=O) groups excluding carboxylic acids is 2. The topological polar surface area (TPSA) is 112 Å². The Morgan fingerprint density at radius 2 is 0.918 bits per heavy atom. The minimum atomic E-state index is -4.38. The first-order valence-corrected chi connectivity index (χ1v) is 26.1. The van der Waals surface area contributed by atoms with Crippen molar-refractivity contribution < 1.29 is 37.6 Å². The van der Waals surface area contributed by atoms with Gasteiger partial charge in [0.2, 0.25) is 0 Å². The Hall–Kier alpha value is -2.29. The Morgan fingerprint density at radius 3 is 1.38 bits per heavy atom. The van der Waals surface area contributed by atoms with Gasteiger partial charge in [0.05, 0.1) is 13.2 Å². The van der Waals surface area contributed by atoms with Gasteiger partial charge < -0.3 is 19.3 Å². The molecule has 1 N–H and O–H groups in total. The van der Waals surface area contributed by atoms with Crippen molar-refractivity contribution >= 4 is 19.8 Å². The molecule has 0 saturated carbocycles. The summed E-state index contributed by atoms with van der Waals surface area (Å²) in [5, 5.41) is 0. The molecule has 0 spiro atoms. The van der Waals surface area contributed by atoms with Gasteiger partial charge in [-0.05, 0) is 65.5 Å². The standard InChI is InChI=1S/C51H92NO8P/c1-5-7-9-11-13-15-17-19-21-23-25-27-29-31-33-35-37-39-41-43-50(53)57-47-49(48-59-61(55,56)58-46-45-52(3)4)60-51(54)44-42-40-38-36-34-32-30-28-26-24-22-20-18-16-14-12-10-8-6-2/h13,15,19,21,25,27,31,33,37,39,49H,5-12,14,16-18,20,22-24,26,28-30,32,34-36,38,40-48H2,1-4H3,(H,55,56)/b15-13-,21-19-,27-25-,33-31-,39-37-. The molecule has 0 aliphatic heterocycles. The maximum atomic E-state index is 12.7. The SMILES string of the molecule is CCCCC/C=C\C/C=C\C/C=C\C/C=C\C/C=C\CCC(=O)OCC(COP(=O)(O)OCCN(C)C)OC(=O)CCCCCCCCCCCCCCCCCCCCC. The average molecular weight is 878 g/mol. The fourth-order valence-corrected chi connectivity index (χ4v) is 7.29. The molecule has 61 heavy (non-hydrogen) atoms. The summed E-state index contributed by atoms with van der Waals surface area (Å²) in [6, 6.07) is 0. The Balaban J connectivity index is 4.32. The second-order valence-corrected chi connectivity index (χ2v) is 18.1. The summed E-state index contributed by atoms with van der Waals surface area (Å²) < 4.78 is 33.5. The van der Waals surface area contributed by atoms with E-state index in [9.17, 15) is 19.0 Å². The highest BCUT2D eigenvalue weighted by Gasteiger charge is 2.26. The minimum absolute atomic E-state index is 0.00441. The lowest BCUT2D eigenvalue weighted by atomic mass is 10.0. The maximum absolute atomic E-state index is 12.7. The highest BCUT2D eigenvalue weighted by atomic mass is 31.2. The van der Waals surface area contributed by atoms with Gasteiger partial charge in [-0.15, -0.1) is 0 Å². The van der Waals surface area contributed by atoms with Crippen molar-refractivity contribution in [3.05, 3.63) is 60.8 Å². The Labute approximate surface area is 374 Å². The number of phosphoric ester groups is 1. The molecule has 0 bridgehead atoms. The lowest BCUT2D eigenvalue weighted by Crippen LogP contribution is -2.29. The van der Waals surface area contributed by atoms with Crippen LogP contribution in [-0.4, -0.2) is 68.3 Å². The summed E-state index contributed by atoms with van der Waals surface area (Å²) in [6.07, 6.45) is 54.3. The van der Waals surface area contributed by atoms with Gasteiger partial charge in [0.1, 0.15) is 6.61 Å². The molecular weight excluding hydrogens is 786 g/mol. The molecule has 0 aromatic heterocycles. The van der Waals surface area contributed by atoms with Crippen LogP contribution in [0.2, 0.25) is 0 Å². The van der Waals surface area contributed by atoms with E-state index in [1.54, 1.807) is 0 Å². The summed E-state index contributed by atoms with van der Waals surface area (Å²) in [5.41, 5.74) is 0. The molecular formula is C51H92NO8P. The van der Waals surface area contributed by atoms with Crippen molar-refractivity contribution in [2.24, 2.45) is 0 Å². The number of hydrogen-bond donors (Lipinski definition) is 1. The average Bonchev–Trinajstić information content (AvgIpc) is 3.23. The predicted molar refractivity (Wildman–Crippen MR) is 257 cm³/mol.